The van der Waals surface area contributed by atoms with Crippen molar-refractivity contribution >= 4 is 12.0 Å². The molecule has 1 amide bonds. The first kappa shape index (κ1) is 15.5. The number of halogens is 1. The summed E-state index contributed by atoms with van der Waals surface area (Å²) in [5, 5.41) is 9.23. The fourth-order valence-corrected chi connectivity index (χ4v) is 2.41. The Bertz CT molecular complexity index is 538. The second kappa shape index (κ2) is 6.72. The standard InChI is InChI=1S/C16H20FNO3/c1-18(10-12-7-13(19)8-12)16(20)6-4-11-3-5-15(21-2)14(17)9-11/h3-6,9,12-13,19H,7-8,10H2,1-2H3. The number of hydrogen-bond donors (Lipinski definition) is 1. The Balaban J connectivity index is 1.90. The highest BCUT2D eigenvalue weighted by Gasteiger charge is 2.28. The van der Waals surface area contributed by atoms with Crippen LogP contribution in [0.2, 0.25) is 0 Å². The summed E-state index contributed by atoms with van der Waals surface area (Å²) in [4.78, 5) is 13.6. The number of amides is 1. The molecule has 0 bridgehead atoms. The Hall–Kier alpha value is -1.88. The van der Waals surface area contributed by atoms with E-state index in [-0.39, 0.29) is 17.8 Å². The summed E-state index contributed by atoms with van der Waals surface area (Å²) < 4.78 is 18.4. The first-order valence-electron chi connectivity index (χ1n) is 6.94. The third-order valence-electron chi connectivity index (χ3n) is 3.71. The first-order chi connectivity index (χ1) is 9.99. The number of ether oxygens (including phenoxy) is 1. The number of benzene rings is 1. The van der Waals surface area contributed by atoms with Crippen LogP contribution in [-0.2, 0) is 4.79 Å². The van der Waals surface area contributed by atoms with E-state index in [0.717, 1.165) is 12.8 Å². The van der Waals surface area contributed by atoms with Gasteiger partial charge in [-0.3, -0.25) is 4.79 Å². The number of methoxy groups -OCH3 is 1. The molecule has 114 valence electrons. The topological polar surface area (TPSA) is 49.8 Å². The van der Waals surface area contributed by atoms with E-state index in [1.165, 1.54) is 25.3 Å². The lowest BCUT2D eigenvalue weighted by molar-refractivity contribution is -0.126. The zero-order valence-electron chi connectivity index (χ0n) is 12.3. The molecule has 1 fully saturated rings. The molecule has 0 atom stereocenters. The van der Waals surface area contributed by atoms with Crippen LogP contribution in [0.5, 0.6) is 5.75 Å². The van der Waals surface area contributed by atoms with Crippen molar-refractivity contribution < 1.29 is 19.0 Å². The summed E-state index contributed by atoms with van der Waals surface area (Å²) >= 11 is 0. The number of aliphatic hydroxyl groups excluding tert-OH is 1. The van der Waals surface area contributed by atoms with Gasteiger partial charge in [-0.1, -0.05) is 6.07 Å². The van der Waals surface area contributed by atoms with Gasteiger partial charge in [0.2, 0.25) is 5.91 Å². The highest BCUT2D eigenvalue weighted by atomic mass is 19.1. The number of likely N-dealkylation sites (N-methyl/N-ethyl adjacent to an activating group) is 1. The van der Waals surface area contributed by atoms with E-state index >= 15 is 0 Å². The van der Waals surface area contributed by atoms with Crippen molar-refractivity contribution in [3.63, 3.8) is 0 Å². The van der Waals surface area contributed by atoms with Gasteiger partial charge in [-0.2, -0.15) is 0 Å². The van der Waals surface area contributed by atoms with E-state index in [9.17, 15) is 14.3 Å². The highest BCUT2D eigenvalue weighted by molar-refractivity contribution is 5.91. The van der Waals surface area contributed by atoms with Gasteiger partial charge in [-0.05, 0) is 42.5 Å². The molecule has 4 nitrogen and oxygen atoms in total. The van der Waals surface area contributed by atoms with Gasteiger partial charge >= 0.3 is 0 Å². The maximum absolute atomic E-state index is 13.5. The predicted molar refractivity (Wildman–Crippen MR) is 78.4 cm³/mol. The fraction of sp³-hybridized carbons (Fsp3) is 0.438. The average molecular weight is 293 g/mol. The van der Waals surface area contributed by atoms with E-state index in [1.54, 1.807) is 24.1 Å². The Kier molecular flexibility index (Phi) is 4.96. The Morgan fingerprint density at radius 2 is 2.24 bits per heavy atom. The van der Waals surface area contributed by atoms with E-state index in [4.69, 9.17) is 4.74 Å². The van der Waals surface area contributed by atoms with Gasteiger partial charge in [-0.25, -0.2) is 4.39 Å². The molecule has 0 aliphatic heterocycles. The third-order valence-corrected chi connectivity index (χ3v) is 3.71. The summed E-state index contributed by atoms with van der Waals surface area (Å²) in [5.41, 5.74) is 0.606. The molecule has 1 aromatic carbocycles. The van der Waals surface area contributed by atoms with Crippen LogP contribution in [0.25, 0.3) is 6.08 Å². The summed E-state index contributed by atoms with van der Waals surface area (Å²) in [6, 6.07) is 4.54. The molecule has 0 heterocycles. The third kappa shape index (κ3) is 4.04. The van der Waals surface area contributed by atoms with Crippen molar-refractivity contribution in [1.29, 1.82) is 0 Å². The maximum atomic E-state index is 13.5. The number of hydrogen-bond acceptors (Lipinski definition) is 3. The maximum Gasteiger partial charge on any atom is 0.246 e. The van der Waals surface area contributed by atoms with Crippen molar-refractivity contribution in [2.24, 2.45) is 5.92 Å². The summed E-state index contributed by atoms with van der Waals surface area (Å²) in [7, 11) is 3.13. The van der Waals surface area contributed by atoms with Gasteiger partial charge in [0.15, 0.2) is 11.6 Å². The number of rotatable bonds is 5. The van der Waals surface area contributed by atoms with Crippen molar-refractivity contribution in [1.82, 2.24) is 4.90 Å². The quantitative estimate of drug-likeness (QED) is 0.846. The lowest BCUT2D eigenvalue weighted by Gasteiger charge is -2.34. The van der Waals surface area contributed by atoms with Gasteiger partial charge in [-0.15, -0.1) is 0 Å². The van der Waals surface area contributed by atoms with Crippen LogP contribution >= 0.6 is 0 Å². The van der Waals surface area contributed by atoms with Gasteiger partial charge in [0, 0.05) is 19.7 Å². The molecular weight excluding hydrogens is 273 g/mol. The van der Waals surface area contributed by atoms with Crippen LogP contribution in [0.1, 0.15) is 18.4 Å². The van der Waals surface area contributed by atoms with Crippen LogP contribution in [0.3, 0.4) is 0 Å². The lowest BCUT2D eigenvalue weighted by atomic mass is 9.82. The minimum Gasteiger partial charge on any atom is -0.494 e. The number of carbonyl (C=O) groups excluding carboxylic acids is 1. The Labute approximate surface area is 123 Å². The van der Waals surface area contributed by atoms with Crippen molar-refractivity contribution in [3.05, 3.63) is 35.7 Å². The van der Waals surface area contributed by atoms with Crippen LogP contribution in [0, 0.1) is 11.7 Å². The van der Waals surface area contributed by atoms with E-state index in [0.29, 0.717) is 18.0 Å². The second-order valence-electron chi connectivity index (χ2n) is 5.44. The monoisotopic (exact) mass is 293 g/mol. The largest absolute Gasteiger partial charge is 0.494 e. The minimum atomic E-state index is -0.455. The molecule has 1 N–H and O–H groups in total. The molecule has 0 aromatic heterocycles. The van der Waals surface area contributed by atoms with Gasteiger partial charge in [0.05, 0.1) is 13.2 Å². The van der Waals surface area contributed by atoms with Crippen molar-refractivity contribution in [3.8, 4) is 5.75 Å². The van der Waals surface area contributed by atoms with Crippen LogP contribution < -0.4 is 4.74 Å². The SMILES string of the molecule is COc1ccc(C=CC(=O)N(C)CC2CC(O)C2)cc1F. The summed E-state index contributed by atoms with van der Waals surface area (Å²) in [6.45, 7) is 0.636. The Morgan fingerprint density at radius 3 is 2.81 bits per heavy atom. The molecule has 0 spiro atoms. The first-order valence-corrected chi connectivity index (χ1v) is 6.94. The van der Waals surface area contributed by atoms with E-state index in [2.05, 4.69) is 0 Å². The van der Waals surface area contributed by atoms with Crippen LogP contribution in [0.15, 0.2) is 24.3 Å². The molecule has 0 saturated heterocycles. The zero-order valence-corrected chi connectivity index (χ0v) is 12.3. The summed E-state index contributed by atoms with van der Waals surface area (Å²) in [6.07, 6.45) is 4.31. The molecule has 1 saturated carbocycles. The molecule has 1 aliphatic carbocycles. The average Bonchev–Trinajstić information content (AvgIpc) is 2.43. The summed E-state index contributed by atoms with van der Waals surface area (Å²) in [5.74, 6) is -0.0311. The second-order valence-corrected chi connectivity index (χ2v) is 5.44. The molecule has 2 rings (SSSR count). The number of nitrogens with zero attached hydrogens (tertiary/aromatic N) is 1. The fourth-order valence-electron chi connectivity index (χ4n) is 2.41. The molecular formula is C16H20FNO3. The zero-order chi connectivity index (χ0) is 15.4. The van der Waals surface area contributed by atoms with Crippen molar-refractivity contribution in [2.75, 3.05) is 20.7 Å². The number of carbonyl (C=O) groups is 1. The molecule has 1 aromatic rings. The van der Waals surface area contributed by atoms with Crippen LogP contribution in [0.4, 0.5) is 4.39 Å². The molecule has 5 heteroatoms. The van der Waals surface area contributed by atoms with Gasteiger partial charge < -0.3 is 14.7 Å². The van der Waals surface area contributed by atoms with Gasteiger partial charge in [0.25, 0.3) is 0 Å². The van der Waals surface area contributed by atoms with E-state index < -0.39 is 5.82 Å². The molecule has 21 heavy (non-hydrogen) atoms. The highest BCUT2D eigenvalue weighted by Crippen LogP contribution is 2.27. The number of aliphatic hydroxyl groups is 1. The lowest BCUT2D eigenvalue weighted by Crippen LogP contribution is -2.38. The molecule has 1 aliphatic rings. The minimum absolute atomic E-state index is 0.132. The van der Waals surface area contributed by atoms with E-state index in [1.807, 2.05) is 0 Å². The van der Waals surface area contributed by atoms with Crippen molar-refractivity contribution in [2.45, 2.75) is 18.9 Å². The van der Waals surface area contributed by atoms with Crippen LogP contribution in [-0.4, -0.2) is 42.7 Å². The molecule has 0 unspecified atom stereocenters. The Morgan fingerprint density at radius 1 is 1.52 bits per heavy atom. The molecule has 0 radical (unpaired) electrons. The normalized spacial score (nSPS) is 21.1. The smallest absolute Gasteiger partial charge is 0.246 e. The van der Waals surface area contributed by atoms with Gasteiger partial charge in [0.1, 0.15) is 0 Å². The predicted octanol–water partition coefficient (Wildman–Crippen LogP) is 2.08.